The fourth-order valence-corrected chi connectivity index (χ4v) is 1.49. The molecule has 17 heavy (non-hydrogen) atoms. The molecular weight excluding hydrogens is 237 g/mol. The first-order chi connectivity index (χ1) is 8.13. The Hall–Kier alpha value is -1.78. The highest BCUT2D eigenvalue weighted by Crippen LogP contribution is 2.10. The number of halogens is 1. The molecule has 0 aromatic heterocycles. The van der Waals surface area contributed by atoms with Gasteiger partial charge in [0.25, 0.3) is 0 Å². The molecule has 0 fully saturated rings. The Labute approximate surface area is 104 Å². The summed E-state index contributed by atoms with van der Waals surface area (Å²) in [4.78, 5) is 10.6. The summed E-state index contributed by atoms with van der Waals surface area (Å²) < 4.78 is 13.3. The maximum Gasteiger partial charge on any atom is 0.186 e. The number of nitrogens with zero attached hydrogens (tertiary/aromatic N) is 1. The lowest BCUT2D eigenvalue weighted by atomic mass is 10.1. The smallest absolute Gasteiger partial charge is 0.186 e. The first-order valence-corrected chi connectivity index (χ1v) is 5.89. The van der Waals surface area contributed by atoms with Crippen LogP contribution in [0, 0.1) is 29.0 Å². The van der Waals surface area contributed by atoms with Crippen LogP contribution in [0.25, 0.3) is 0 Å². The van der Waals surface area contributed by atoms with Crippen molar-refractivity contribution in [3.05, 3.63) is 35.1 Å². The number of hydrogen-bond acceptors (Lipinski definition) is 3. The largest absolute Gasteiger partial charge is 0.288 e. The molecule has 0 aliphatic rings. The summed E-state index contributed by atoms with van der Waals surface area (Å²) >= 11 is 1.08. The normalized spacial score (nSPS) is 9.00. The molecule has 0 heterocycles. The molecule has 0 N–H and O–H groups in total. The van der Waals surface area contributed by atoms with E-state index < -0.39 is 5.82 Å². The molecule has 1 rings (SSSR count). The Morgan fingerprint density at radius 1 is 1.53 bits per heavy atom. The second kappa shape index (κ2) is 6.73. The third kappa shape index (κ3) is 4.72. The standard InChI is InChI=1S/C13H10FNOS/c1-10(16)17-8-2-3-12-9-11(6-7-15)4-5-13(12)14/h4-5,9H,6,8H2,1H3. The lowest BCUT2D eigenvalue weighted by Gasteiger charge is -1.97. The minimum Gasteiger partial charge on any atom is -0.288 e. The third-order valence-corrected chi connectivity index (χ3v) is 2.58. The highest BCUT2D eigenvalue weighted by Gasteiger charge is 2.00. The molecule has 0 aliphatic carbocycles. The Morgan fingerprint density at radius 3 is 2.94 bits per heavy atom. The summed E-state index contributed by atoms with van der Waals surface area (Å²) in [6, 6.07) is 6.42. The number of carbonyl (C=O) groups is 1. The molecule has 0 saturated carbocycles. The van der Waals surface area contributed by atoms with E-state index in [4.69, 9.17) is 5.26 Å². The molecule has 2 nitrogen and oxygen atoms in total. The quantitative estimate of drug-likeness (QED) is 0.754. The number of carbonyl (C=O) groups excluding carboxylic acids is 1. The van der Waals surface area contributed by atoms with Crippen molar-refractivity contribution in [2.75, 3.05) is 5.75 Å². The first-order valence-electron chi connectivity index (χ1n) is 4.91. The SMILES string of the molecule is CC(=O)SCC#Cc1cc(CC#N)ccc1F. The Kier molecular flexibility index (Phi) is 5.26. The second-order valence-corrected chi connectivity index (χ2v) is 4.38. The number of hydrogen-bond donors (Lipinski definition) is 0. The predicted molar refractivity (Wildman–Crippen MR) is 65.7 cm³/mol. The number of nitriles is 1. The van der Waals surface area contributed by atoms with Gasteiger partial charge in [0.05, 0.1) is 23.8 Å². The minimum atomic E-state index is -0.410. The van der Waals surface area contributed by atoms with Crippen LogP contribution in [0.15, 0.2) is 18.2 Å². The van der Waals surface area contributed by atoms with E-state index in [0.717, 1.165) is 17.3 Å². The van der Waals surface area contributed by atoms with Crippen LogP contribution in [0.1, 0.15) is 18.1 Å². The van der Waals surface area contributed by atoms with Gasteiger partial charge in [-0.25, -0.2) is 4.39 Å². The van der Waals surface area contributed by atoms with Gasteiger partial charge in [-0.05, 0) is 17.7 Å². The minimum absolute atomic E-state index is 0.0157. The van der Waals surface area contributed by atoms with Gasteiger partial charge in [0.1, 0.15) is 5.82 Å². The molecule has 0 aliphatic heterocycles. The molecule has 86 valence electrons. The van der Waals surface area contributed by atoms with Crippen molar-refractivity contribution >= 4 is 16.9 Å². The van der Waals surface area contributed by atoms with E-state index in [1.165, 1.54) is 13.0 Å². The average Bonchev–Trinajstić information content (AvgIpc) is 2.28. The van der Waals surface area contributed by atoms with Gasteiger partial charge in [-0.3, -0.25) is 4.79 Å². The summed E-state index contributed by atoms with van der Waals surface area (Å²) in [5.74, 6) is 5.31. The summed E-state index contributed by atoms with van der Waals surface area (Å²) in [7, 11) is 0. The third-order valence-electron chi connectivity index (χ3n) is 1.88. The Morgan fingerprint density at radius 2 is 2.29 bits per heavy atom. The monoisotopic (exact) mass is 247 g/mol. The molecule has 0 amide bonds. The number of rotatable bonds is 2. The number of thioether (sulfide) groups is 1. The molecule has 0 bridgehead atoms. The maximum atomic E-state index is 13.3. The lowest BCUT2D eigenvalue weighted by Crippen LogP contribution is -1.89. The van der Waals surface area contributed by atoms with Crippen LogP contribution in [0.4, 0.5) is 4.39 Å². The van der Waals surface area contributed by atoms with Crippen LogP contribution in [0.2, 0.25) is 0 Å². The Bertz CT molecular complexity index is 522. The van der Waals surface area contributed by atoms with Crippen molar-refractivity contribution in [3.8, 4) is 17.9 Å². The van der Waals surface area contributed by atoms with Crippen LogP contribution in [-0.2, 0) is 11.2 Å². The summed E-state index contributed by atoms with van der Waals surface area (Å²) in [6.07, 6.45) is 0.233. The molecule has 0 spiro atoms. The number of benzene rings is 1. The molecule has 1 aromatic rings. The summed E-state index contributed by atoms with van der Waals surface area (Å²) in [5.41, 5.74) is 0.999. The highest BCUT2D eigenvalue weighted by atomic mass is 32.2. The first kappa shape index (κ1) is 13.3. The van der Waals surface area contributed by atoms with Crippen LogP contribution in [0.5, 0.6) is 0 Å². The molecule has 0 saturated heterocycles. The van der Waals surface area contributed by atoms with Gasteiger partial charge in [0, 0.05) is 6.92 Å². The lowest BCUT2D eigenvalue weighted by molar-refractivity contribution is -0.109. The van der Waals surface area contributed by atoms with Gasteiger partial charge >= 0.3 is 0 Å². The fraction of sp³-hybridized carbons (Fsp3) is 0.231. The zero-order valence-electron chi connectivity index (χ0n) is 9.29. The maximum absolute atomic E-state index is 13.3. The fourth-order valence-electron chi connectivity index (χ4n) is 1.14. The van der Waals surface area contributed by atoms with E-state index in [0.29, 0.717) is 5.75 Å². The molecular formula is C13H10FNOS. The van der Waals surface area contributed by atoms with E-state index in [9.17, 15) is 9.18 Å². The van der Waals surface area contributed by atoms with Crippen LogP contribution >= 0.6 is 11.8 Å². The summed E-state index contributed by atoms with van der Waals surface area (Å²) in [5, 5.41) is 8.52. The van der Waals surface area contributed by atoms with Gasteiger partial charge in [-0.15, -0.1) is 0 Å². The summed E-state index contributed by atoms with van der Waals surface area (Å²) in [6.45, 7) is 1.46. The van der Waals surface area contributed by atoms with Gasteiger partial charge in [0.15, 0.2) is 5.12 Å². The van der Waals surface area contributed by atoms with E-state index in [-0.39, 0.29) is 17.1 Å². The molecule has 0 unspecified atom stereocenters. The van der Waals surface area contributed by atoms with Crippen molar-refractivity contribution in [3.63, 3.8) is 0 Å². The highest BCUT2D eigenvalue weighted by molar-refractivity contribution is 8.13. The van der Waals surface area contributed by atoms with Gasteiger partial charge < -0.3 is 0 Å². The predicted octanol–water partition coefficient (Wildman–Crippen LogP) is 2.52. The van der Waals surface area contributed by atoms with Crippen molar-refractivity contribution in [2.45, 2.75) is 13.3 Å². The van der Waals surface area contributed by atoms with E-state index in [2.05, 4.69) is 11.8 Å². The van der Waals surface area contributed by atoms with Gasteiger partial charge in [-0.2, -0.15) is 5.26 Å². The van der Waals surface area contributed by atoms with E-state index in [1.54, 1.807) is 12.1 Å². The van der Waals surface area contributed by atoms with Crippen LogP contribution < -0.4 is 0 Å². The van der Waals surface area contributed by atoms with Gasteiger partial charge in [-0.1, -0.05) is 29.7 Å². The van der Waals surface area contributed by atoms with Crippen molar-refractivity contribution < 1.29 is 9.18 Å². The Balaban J connectivity index is 2.79. The molecule has 0 atom stereocenters. The zero-order valence-corrected chi connectivity index (χ0v) is 10.1. The zero-order chi connectivity index (χ0) is 12.7. The van der Waals surface area contributed by atoms with Gasteiger partial charge in [0.2, 0.25) is 0 Å². The van der Waals surface area contributed by atoms with Crippen LogP contribution in [0.3, 0.4) is 0 Å². The molecule has 1 aromatic carbocycles. The average molecular weight is 247 g/mol. The van der Waals surface area contributed by atoms with E-state index >= 15 is 0 Å². The second-order valence-electron chi connectivity index (χ2n) is 3.23. The van der Waals surface area contributed by atoms with Crippen molar-refractivity contribution in [2.24, 2.45) is 0 Å². The van der Waals surface area contributed by atoms with E-state index in [1.807, 2.05) is 6.07 Å². The molecule has 0 radical (unpaired) electrons. The van der Waals surface area contributed by atoms with Crippen molar-refractivity contribution in [1.82, 2.24) is 0 Å². The van der Waals surface area contributed by atoms with Crippen molar-refractivity contribution in [1.29, 1.82) is 5.26 Å². The van der Waals surface area contributed by atoms with Crippen LogP contribution in [-0.4, -0.2) is 10.9 Å². The topological polar surface area (TPSA) is 40.9 Å². The molecule has 4 heteroatoms.